The summed E-state index contributed by atoms with van der Waals surface area (Å²) in [5.41, 5.74) is 6.46. The second kappa shape index (κ2) is 2.58. The Hall–Kier alpha value is -1.84. The lowest BCUT2D eigenvalue weighted by Gasteiger charge is -2.00. The average molecular weight is 178 g/mol. The van der Waals surface area contributed by atoms with E-state index in [-0.39, 0.29) is 0 Å². The lowest BCUT2D eigenvalue weighted by Crippen LogP contribution is -1.88. The number of nitrogen functional groups attached to an aromatic ring is 1. The third-order valence-corrected chi connectivity index (χ3v) is 1.77. The molecule has 0 spiro atoms. The molecule has 1 heterocycles. The Labute approximate surface area is 73.6 Å². The van der Waals surface area contributed by atoms with Crippen molar-refractivity contribution < 1.29 is 9.50 Å². The molecule has 0 saturated heterocycles. The standard InChI is InChI=1S/C9H7FN2O/c10-7-2-5-1-6(11)4-12-8(5)3-9(7)13/h1-4,13H,11H2. The number of phenols is 1. The highest BCUT2D eigenvalue weighted by atomic mass is 19.1. The molecule has 0 aliphatic heterocycles. The molecule has 0 amide bonds. The van der Waals surface area contributed by atoms with Crippen LogP contribution in [-0.4, -0.2) is 10.1 Å². The van der Waals surface area contributed by atoms with E-state index in [1.807, 2.05) is 0 Å². The molecule has 0 unspecified atom stereocenters. The Morgan fingerprint density at radius 3 is 2.85 bits per heavy atom. The normalized spacial score (nSPS) is 10.5. The number of aromatic hydroxyl groups is 1. The average Bonchev–Trinajstić information content (AvgIpc) is 2.08. The van der Waals surface area contributed by atoms with Gasteiger partial charge in [-0.15, -0.1) is 0 Å². The summed E-state index contributed by atoms with van der Waals surface area (Å²) in [7, 11) is 0. The quantitative estimate of drug-likeness (QED) is 0.645. The van der Waals surface area contributed by atoms with Crippen molar-refractivity contribution in [2.24, 2.45) is 0 Å². The summed E-state index contributed by atoms with van der Waals surface area (Å²) in [6.07, 6.45) is 1.46. The number of benzene rings is 1. The van der Waals surface area contributed by atoms with Crippen LogP contribution < -0.4 is 5.73 Å². The molecule has 3 N–H and O–H groups in total. The smallest absolute Gasteiger partial charge is 0.165 e. The molecule has 0 aliphatic carbocycles. The number of fused-ring (bicyclic) bond motifs is 1. The minimum Gasteiger partial charge on any atom is -0.505 e. The van der Waals surface area contributed by atoms with E-state index in [1.165, 1.54) is 18.3 Å². The van der Waals surface area contributed by atoms with E-state index in [4.69, 9.17) is 10.8 Å². The van der Waals surface area contributed by atoms with Gasteiger partial charge in [0, 0.05) is 11.5 Å². The zero-order chi connectivity index (χ0) is 9.42. The summed E-state index contributed by atoms with van der Waals surface area (Å²) >= 11 is 0. The zero-order valence-corrected chi connectivity index (χ0v) is 6.66. The first kappa shape index (κ1) is 7.79. The van der Waals surface area contributed by atoms with E-state index < -0.39 is 11.6 Å². The minimum absolute atomic E-state index is 0.398. The maximum atomic E-state index is 12.9. The third-order valence-electron chi connectivity index (χ3n) is 1.77. The molecule has 0 fully saturated rings. The molecule has 4 heteroatoms. The van der Waals surface area contributed by atoms with Crippen LogP contribution in [0.4, 0.5) is 10.1 Å². The highest BCUT2D eigenvalue weighted by Gasteiger charge is 2.03. The predicted molar refractivity (Wildman–Crippen MR) is 47.8 cm³/mol. The first-order chi connectivity index (χ1) is 6.16. The molecule has 1 aromatic heterocycles. The molecule has 0 bridgehead atoms. The van der Waals surface area contributed by atoms with E-state index in [9.17, 15) is 4.39 Å². The fourth-order valence-electron chi connectivity index (χ4n) is 1.15. The van der Waals surface area contributed by atoms with Crippen LogP contribution in [0.5, 0.6) is 5.75 Å². The third kappa shape index (κ3) is 1.26. The van der Waals surface area contributed by atoms with Crippen molar-refractivity contribution in [3.8, 4) is 5.75 Å². The molecule has 0 atom stereocenters. The largest absolute Gasteiger partial charge is 0.505 e. The molecule has 2 aromatic rings. The van der Waals surface area contributed by atoms with Gasteiger partial charge in [0.1, 0.15) is 0 Å². The monoisotopic (exact) mass is 178 g/mol. The highest BCUT2D eigenvalue weighted by molar-refractivity contribution is 5.82. The van der Waals surface area contributed by atoms with Gasteiger partial charge in [0.25, 0.3) is 0 Å². The number of nitrogens with zero attached hydrogens (tertiary/aromatic N) is 1. The number of pyridine rings is 1. The Bertz CT molecular complexity index is 470. The van der Waals surface area contributed by atoms with Gasteiger partial charge in [0.2, 0.25) is 0 Å². The molecule has 0 saturated carbocycles. The maximum Gasteiger partial charge on any atom is 0.165 e. The molecule has 2 rings (SSSR count). The van der Waals surface area contributed by atoms with Crippen LogP contribution in [-0.2, 0) is 0 Å². The minimum atomic E-state index is -0.667. The number of rotatable bonds is 0. The van der Waals surface area contributed by atoms with Crippen LogP contribution in [0, 0.1) is 5.82 Å². The van der Waals surface area contributed by atoms with Crippen molar-refractivity contribution in [2.45, 2.75) is 0 Å². The summed E-state index contributed by atoms with van der Waals surface area (Å²) in [5.74, 6) is -1.07. The molecular weight excluding hydrogens is 171 g/mol. The zero-order valence-electron chi connectivity index (χ0n) is 6.66. The van der Waals surface area contributed by atoms with E-state index in [2.05, 4.69) is 4.98 Å². The first-order valence-corrected chi connectivity index (χ1v) is 3.70. The van der Waals surface area contributed by atoms with Crippen molar-refractivity contribution in [2.75, 3.05) is 5.73 Å². The van der Waals surface area contributed by atoms with Crippen molar-refractivity contribution >= 4 is 16.6 Å². The summed E-state index contributed by atoms with van der Waals surface area (Å²) in [6, 6.07) is 4.07. The fourth-order valence-corrected chi connectivity index (χ4v) is 1.15. The van der Waals surface area contributed by atoms with E-state index in [0.717, 1.165) is 0 Å². The van der Waals surface area contributed by atoms with Crippen molar-refractivity contribution in [1.82, 2.24) is 4.98 Å². The van der Waals surface area contributed by atoms with Crippen LogP contribution in [0.25, 0.3) is 10.9 Å². The first-order valence-electron chi connectivity index (χ1n) is 3.70. The Balaban J connectivity index is 2.81. The van der Waals surface area contributed by atoms with Gasteiger partial charge in [-0.3, -0.25) is 4.98 Å². The topological polar surface area (TPSA) is 59.1 Å². The van der Waals surface area contributed by atoms with Crippen molar-refractivity contribution in [3.05, 3.63) is 30.2 Å². The van der Waals surface area contributed by atoms with E-state index in [0.29, 0.717) is 16.6 Å². The van der Waals surface area contributed by atoms with Crippen LogP contribution in [0.15, 0.2) is 24.4 Å². The number of anilines is 1. The number of phenolic OH excluding ortho intramolecular Hbond substituents is 1. The van der Waals surface area contributed by atoms with Gasteiger partial charge in [0.15, 0.2) is 11.6 Å². The number of hydrogen-bond donors (Lipinski definition) is 2. The second-order valence-corrected chi connectivity index (χ2v) is 2.76. The lowest BCUT2D eigenvalue weighted by molar-refractivity contribution is 0.433. The van der Waals surface area contributed by atoms with E-state index >= 15 is 0 Å². The van der Waals surface area contributed by atoms with Gasteiger partial charge in [-0.25, -0.2) is 4.39 Å². The Morgan fingerprint density at radius 1 is 1.31 bits per heavy atom. The molecule has 13 heavy (non-hydrogen) atoms. The predicted octanol–water partition coefficient (Wildman–Crippen LogP) is 1.66. The van der Waals surface area contributed by atoms with Crippen molar-refractivity contribution in [3.63, 3.8) is 0 Å². The number of aromatic nitrogens is 1. The fraction of sp³-hybridized carbons (Fsp3) is 0. The molecule has 1 aromatic carbocycles. The highest BCUT2D eigenvalue weighted by Crippen LogP contribution is 2.23. The molecule has 0 radical (unpaired) electrons. The summed E-state index contributed by atoms with van der Waals surface area (Å²) in [5, 5.41) is 9.62. The molecule has 3 nitrogen and oxygen atoms in total. The number of hydrogen-bond acceptors (Lipinski definition) is 3. The van der Waals surface area contributed by atoms with Gasteiger partial charge in [0.05, 0.1) is 17.4 Å². The molecular formula is C9H7FN2O. The van der Waals surface area contributed by atoms with Gasteiger partial charge >= 0.3 is 0 Å². The van der Waals surface area contributed by atoms with E-state index in [1.54, 1.807) is 6.07 Å². The summed E-state index contributed by atoms with van der Waals surface area (Å²) in [6.45, 7) is 0. The molecule has 66 valence electrons. The Kier molecular flexibility index (Phi) is 1.55. The van der Waals surface area contributed by atoms with Crippen LogP contribution in [0.3, 0.4) is 0 Å². The van der Waals surface area contributed by atoms with Crippen LogP contribution in [0.2, 0.25) is 0 Å². The second-order valence-electron chi connectivity index (χ2n) is 2.76. The van der Waals surface area contributed by atoms with Crippen LogP contribution >= 0.6 is 0 Å². The Morgan fingerprint density at radius 2 is 2.08 bits per heavy atom. The SMILES string of the molecule is Nc1cnc2cc(O)c(F)cc2c1. The summed E-state index contributed by atoms with van der Waals surface area (Å²) < 4.78 is 12.9. The van der Waals surface area contributed by atoms with Gasteiger partial charge < -0.3 is 10.8 Å². The molecule has 0 aliphatic rings. The van der Waals surface area contributed by atoms with Gasteiger partial charge in [-0.2, -0.15) is 0 Å². The van der Waals surface area contributed by atoms with Gasteiger partial charge in [-0.05, 0) is 12.1 Å². The van der Waals surface area contributed by atoms with Gasteiger partial charge in [-0.1, -0.05) is 0 Å². The summed E-state index contributed by atoms with van der Waals surface area (Å²) in [4.78, 5) is 3.93. The maximum absolute atomic E-state index is 12.9. The number of halogens is 1. The van der Waals surface area contributed by atoms with Crippen molar-refractivity contribution in [1.29, 1.82) is 0 Å². The number of nitrogens with two attached hydrogens (primary N) is 1. The lowest BCUT2D eigenvalue weighted by atomic mass is 10.2. The van der Waals surface area contributed by atoms with Crippen LogP contribution in [0.1, 0.15) is 0 Å².